The van der Waals surface area contributed by atoms with E-state index in [4.69, 9.17) is 11.5 Å². The van der Waals surface area contributed by atoms with Crippen molar-refractivity contribution in [3.8, 4) is 5.75 Å². The fourth-order valence-corrected chi connectivity index (χ4v) is 10.2. The summed E-state index contributed by atoms with van der Waals surface area (Å²) in [4.78, 5) is 102. The van der Waals surface area contributed by atoms with Crippen LogP contribution >= 0.6 is 0 Å². The Kier molecular flexibility index (Phi) is 26.4. The highest BCUT2D eigenvalue weighted by Gasteiger charge is 2.49. The third kappa shape index (κ3) is 18.8. The molecule has 18 N–H and O–H groups in total. The summed E-state index contributed by atoms with van der Waals surface area (Å²) < 4.78 is 0. The maximum Gasteiger partial charge on any atom is 0.248 e. The van der Waals surface area contributed by atoms with Crippen LogP contribution in [0.3, 0.4) is 0 Å². The molecule has 25 heteroatoms. The predicted octanol–water partition coefficient (Wildman–Crippen LogP) is -3.31. The smallest absolute Gasteiger partial charge is 0.248 e. The van der Waals surface area contributed by atoms with Gasteiger partial charge in [-0.05, 0) is 68.7 Å². The summed E-state index contributed by atoms with van der Waals surface area (Å²) in [5.41, 5.74) is 11.5. The molecule has 0 radical (unpaired) electrons. The molecule has 16 atom stereocenters. The van der Waals surface area contributed by atoms with Gasteiger partial charge in [-0.1, -0.05) is 77.8 Å². The first-order chi connectivity index (χ1) is 36.5. The Labute approximate surface area is 450 Å². The van der Waals surface area contributed by atoms with Gasteiger partial charge in [-0.15, -0.1) is 0 Å². The van der Waals surface area contributed by atoms with Crippen molar-refractivity contribution in [2.45, 2.75) is 203 Å². The number of fused-ring (bicyclic) bond motifs is 2. The van der Waals surface area contributed by atoms with Crippen LogP contribution in [0, 0.1) is 11.8 Å². The van der Waals surface area contributed by atoms with Gasteiger partial charge in [-0.25, -0.2) is 0 Å². The molecule has 0 bridgehead atoms. The Morgan fingerprint density at radius 3 is 1.97 bits per heavy atom. The molecule has 0 spiro atoms. The molecular formula is C52H88N10O15. The normalized spacial score (nSPS) is 28.6. The fraction of sp³-hybridized carbons (Fsp3) is 0.750. The molecule has 77 heavy (non-hydrogen) atoms. The quantitative estimate of drug-likeness (QED) is 0.0477. The number of benzene rings is 1. The largest absolute Gasteiger partial charge is 0.508 e. The van der Waals surface area contributed by atoms with E-state index in [1.807, 2.05) is 0 Å². The van der Waals surface area contributed by atoms with Gasteiger partial charge in [0.2, 0.25) is 41.4 Å². The highest BCUT2D eigenvalue weighted by molar-refractivity contribution is 5.98. The van der Waals surface area contributed by atoms with Crippen molar-refractivity contribution >= 4 is 41.4 Å². The summed E-state index contributed by atoms with van der Waals surface area (Å²) in [5.74, 6) is -6.43. The molecule has 0 aromatic heterocycles. The van der Waals surface area contributed by atoms with Gasteiger partial charge in [-0.3, -0.25) is 38.9 Å². The second-order valence-electron chi connectivity index (χ2n) is 21.3. The molecule has 0 aliphatic carbocycles. The van der Waals surface area contributed by atoms with Gasteiger partial charge in [0, 0.05) is 45.4 Å². The van der Waals surface area contributed by atoms with E-state index < -0.39 is 146 Å². The van der Waals surface area contributed by atoms with Crippen LogP contribution in [0.15, 0.2) is 24.3 Å². The second kappa shape index (κ2) is 31.5. The van der Waals surface area contributed by atoms with E-state index in [0.717, 1.165) is 55.2 Å². The summed E-state index contributed by atoms with van der Waals surface area (Å²) in [6.07, 6.45) is -6.95. The number of hydrogen-bond acceptors (Lipinski definition) is 18. The lowest BCUT2D eigenvalue weighted by atomic mass is 9.91. The zero-order valence-corrected chi connectivity index (χ0v) is 45.0. The minimum atomic E-state index is -2.28. The Morgan fingerprint density at radius 2 is 1.34 bits per heavy atom. The Balaban J connectivity index is 1.73. The van der Waals surface area contributed by atoms with E-state index in [-0.39, 0.29) is 56.8 Å². The third-order valence-electron chi connectivity index (χ3n) is 14.9. The number of aliphatic hydroxyl groups is 7. The first-order valence-corrected chi connectivity index (χ1v) is 27.3. The molecule has 3 saturated heterocycles. The Hall–Kier alpha value is -5.09. The SMILES string of the molecule is CCC(C)CC(C)CCCCCCCCC(=O)NC1CC(O)C(NCCN)NC(=O)C2C(O)CCN2C(=O)C(C(O)CCN)NC(=O)C(C(O)C(O)c2ccc(O)cc2)NC(=O)C2CC(O)CN2C(=O)C(C(C)O)NC1=O. The molecule has 4 rings (SSSR count). The number of amides is 7. The zero-order valence-electron chi connectivity index (χ0n) is 45.0. The minimum absolute atomic E-state index is 0.0257. The van der Waals surface area contributed by atoms with Gasteiger partial charge in [0.05, 0.1) is 30.5 Å². The van der Waals surface area contributed by atoms with Crippen molar-refractivity contribution in [1.82, 2.24) is 41.7 Å². The van der Waals surface area contributed by atoms with Gasteiger partial charge >= 0.3 is 0 Å². The van der Waals surface area contributed by atoms with Gasteiger partial charge in [0.25, 0.3) is 0 Å². The van der Waals surface area contributed by atoms with Crippen LogP contribution in [0.1, 0.15) is 129 Å². The Bertz CT molecular complexity index is 2070. The number of nitrogens with two attached hydrogens (primary N) is 2. The molecule has 1 aromatic rings. The number of nitrogens with one attached hydrogen (secondary N) is 6. The summed E-state index contributed by atoms with van der Waals surface area (Å²) >= 11 is 0. The lowest BCUT2D eigenvalue weighted by molar-refractivity contribution is -0.148. The second-order valence-corrected chi connectivity index (χ2v) is 21.3. The first-order valence-electron chi connectivity index (χ1n) is 27.3. The number of hydrogen-bond donors (Lipinski definition) is 16. The number of rotatable bonds is 23. The molecule has 7 amide bonds. The molecular weight excluding hydrogens is 1000 g/mol. The predicted molar refractivity (Wildman–Crippen MR) is 280 cm³/mol. The van der Waals surface area contributed by atoms with Crippen LogP contribution in [-0.2, 0) is 33.6 Å². The van der Waals surface area contributed by atoms with Crippen molar-refractivity contribution in [2.24, 2.45) is 23.3 Å². The number of aromatic hydroxyl groups is 1. The van der Waals surface area contributed by atoms with E-state index in [9.17, 15) is 74.4 Å². The van der Waals surface area contributed by atoms with Crippen LogP contribution < -0.4 is 43.4 Å². The minimum Gasteiger partial charge on any atom is -0.508 e. The van der Waals surface area contributed by atoms with Gasteiger partial charge in [0.15, 0.2) is 0 Å². The average Bonchev–Trinajstić information content (AvgIpc) is 3.99. The average molecular weight is 1090 g/mol. The molecule has 3 fully saturated rings. The lowest BCUT2D eigenvalue weighted by Gasteiger charge is -2.35. The highest BCUT2D eigenvalue weighted by Crippen LogP contribution is 2.27. The molecule has 0 saturated carbocycles. The van der Waals surface area contributed by atoms with Crippen LogP contribution in [0.4, 0.5) is 0 Å². The van der Waals surface area contributed by atoms with Gasteiger partial charge < -0.3 is 88.7 Å². The number of nitrogens with zero attached hydrogens (tertiary/aromatic N) is 2. The maximum absolute atomic E-state index is 14.6. The van der Waals surface area contributed by atoms with E-state index in [0.29, 0.717) is 24.7 Å². The van der Waals surface area contributed by atoms with Crippen molar-refractivity contribution in [1.29, 1.82) is 0 Å². The van der Waals surface area contributed by atoms with E-state index in [2.05, 4.69) is 52.7 Å². The van der Waals surface area contributed by atoms with E-state index >= 15 is 0 Å². The first kappa shape index (κ1) is 64.4. The van der Waals surface area contributed by atoms with Crippen LogP contribution in [0.2, 0.25) is 0 Å². The molecule has 3 heterocycles. The third-order valence-corrected chi connectivity index (χ3v) is 14.9. The lowest BCUT2D eigenvalue weighted by Crippen LogP contribution is -2.65. The van der Waals surface area contributed by atoms with Crippen molar-refractivity contribution in [3.63, 3.8) is 0 Å². The molecule has 25 nitrogen and oxygen atoms in total. The summed E-state index contributed by atoms with van der Waals surface area (Å²) in [6, 6.07) is -6.40. The standard InChI is InChI=1S/C52H88N10O15/c1-5-28(2)24-29(3)12-10-8-6-7-9-11-13-39(69)56-34-26-38(68)46(55-22-21-54)60-50(75)43-37(67)19-23-61(43)52(77)41(36(66)18-20-53)58-49(74)42(45(71)44(70)31-14-16-32(64)17-15-31)59-48(73)35-25-33(65)27-62(35)51(76)40(30(4)63)57-47(34)72/h14-17,28-30,33-38,40-46,55,63-68,70-71H,5-13,18-27,53-54H2,1-4H3,(H,56,69)(H,57,72)(H,58,74)(H,59,73)(H,60,75). The number of aliphatic hydroxyl groups excluding tert-OH is 7. The molecule has 16 unspecified atom stereocenters. The number of unbranched alkanes of at least 4 members (excludes halogenated alkanes) is 5. The van der Waals surface area contributed by atoms with Crippen molar-refractivity contribution in [2.75, 3.05) is 32.7 Å². The topological polar surface area (TPSA) is 412 Å². The van der Waals surface area contributed by atoms with Gasteiger partial charge in [0.1, 0.15) is 60.4 Å². The zero-order chi connectivity index (χ0) is 57.1. The number of carbonyl (C=O) groups excluding carboxylic acids is 7. The van der Waals surface area contributed by atoms with Crippen molar-refractivity contribution in [3.05, 3.63) is 29.8 Å². The van der Waals surface area contributed by atoms with Crippen LogP contribution in [0.25, 0.3) is 0 Å². The summed E-state index contributed by atoms with van der Waals surface area (Å²) in [5, 5.41) is 104. The summed E-state index contributed by atoms with van der Waals surface area (Å²) in [6.45, 7) is 6.73. The number of phenols is 1. The van der Waals surface area contributed by atoms with Crippen molar-refractivity contribution < 1.29 is 74.4 Å². The van der Waals surface area contributed by atoms with E-state index in [1.54, 1.807) is 0 Å². The maximum atomic E-state index is 14.6. The monoisotopic (exact) mass is 1090 g/mol. The van der Waals surface area contributed by atoms with Gasteiger partial charge in [-0.2, -0.15) is 0 Å². The molecule has 436 valence electrons. The molecule has 3 aliphatic heterocycles. The van der Waals surface area contributed by atoms with Crippen LogP contribution in [-0.4, -0.2) is 204 Å². The van der Waals surface area contributed by atoms with E-state index in [1.165, 1.54) is 30.7 Å². The molecule has 1 aromatic carbocycles. The highest BCUT2D eigenvalue weighted by atomic mass is 16.3. The van der Waals surface area contributed by atoms with Crippen LogP contribution in [0.5, 0.6) is 5.75 Å². The number of phenolic OH excluding ortho intramolecular Hbond substituents is 1. The molecule has 3 aliphatic rings. The fourth-order valence-electron chi connectivity index (χ4n) is 10.2. The number of carbonyl (C=O) groups is 7. The summed E-state index contributed by atoms with van der Waals surface area (Å²) in [7, 11) is 0. The Morgan fingerprint density at radius 1 is 0.714 bits per heavy atom.